The molecule has 108 valence electrons. The molecule has 2 atom stereocenters. The predicted molar refractivity (Wildman–Crippen MR) is 71.6 cm³/mol. The van der Waals surface area contributed by atoms with E-state index < -0.39 is 5.97 Å². The first-order valence-electron chi connectivity index (χ1n) is 6.67. The van der Waals surface area contributed by atoms with E-state index in [2.05, 4.69) is 43.2 Å². The van der Waals surface area contributed by atoms with Gasteiger partial charge in [-0.05, 0) is 27.7 Å². The molecule has 0 fully saturated rings. The summed E-state index contributed by atoms with van der Waals surface area (Å²) < 4.78 is 1.73. The third-order valence-corrected chi connectivity index (χ3v) is 3.58. The summed E-state index contributed by atoms with van der Waals surface area (Å²) in [5.41, 5.74) is 0.198. The zero-order valence-corrected chi connectivity index (χ0v) is 12.4. The van der Waals surface area contributed by atoms with Crippen LogP contribution in [-0.4, -0.2) is 31.3 Å². The van der Waals surface area contributed by atoms with Crippen molar-refractivity contribution in [1.82, 2.24) is 20.2 Å². The van der Waals surface area contributed by atoms with Crippen LogP contribution in [-0.2, 0) is 17.8 Å². The number of rotatable bonds is 6. The van der Waals surface area contributed by atoms with E-state index in [9.17, 15) is 4.79 Å². The fraction of sp³-hybridized carbons (Fsp3) is 0.846. The Balaban J connectivity index is 2.67. The maximum absolute atomic E-state index is 10.7. The molecule has 1 aromatic rings. The van der Waals surface area contributed by atoms with Crippen LogP contribution in [0, 0.1) is 17.3 Å². The number of carboxylic acids is 1. The second-order valence-corrected chi connectivity index (χ2v) is 6.45. The van der Waals surface area contributed by atoms with Crippen molar-refractivity contribution in [2.75, 3.05) is 0 Å². The van der Waals surface area contributed by atoms with Crippen molar-refractivity contribution >= 4 is 5.97 Å². The summed E-state index contributed by atoms with van der Waals surface area (Å²) in [7, 11) is 0. The number of nitrogens with zero attached hydrogens (tertiary/aromatic N) is 4. The first-order chi connectivity index (χ1) is 8.70. The van der Waals surface area contributed by atoms with Gasteiger partial charge < -0.3 is 5.11 Å². The zero-order chi connectivity index (χ0) is 14.6. The summed E-state index contributed by atoms with van der Waals surface area (Å²) >= 11 is 0. The Kier molecular flexibility index (Phi) is 5.03. The Morgan fingerprint density at radius 1 is 1.37 bits per heavy atom. The lowest BCUT2D eigenvalue weighted by molar-refractivity contribution is -0.138. The van der Waals surface area contributed by atoms with Crippen LogP contribution in [0.15, 0.2) is 0 Å². The minimum Gasteiger partial charge on any atom is -0.481 e. The molecule has 19 heavy (non-hydrogen) atoms. The van der Waals surface area contributed by atoms with Crippen LogP contribution in [0.5, 0.6) is 0 Å². The quantitative estimate of drug-likeness (QED) is 0.853. The molecule has 1 heterocycles. The summed E-state index contributed by atoms with van der Waals surface area (Å²) in [5, 5.41) is 20.5. The molecule has 1 aromatic heterocycles. The van der Waals surface area contributed by atoms with Crippen molar-refractivity contribution in [2.45, 2.75) is 54.0 Å². The fourth-order valence-corrected chi connectivity index (χ4v) is 1.75. The second kappa shape index (κ2) is 6.12. The molecule has 0 aliphatic carbocycles. The molecule has 0 aliphatic rings. The average molecular weight is 268 g/mol. The van der Waals surface area contributed by atoms with Gasteiger partial charge in [0.05, 0.1) is 0 Å². The molecule has 0 bridgehead atoms. The number of aromatic nitrogens is 4. The van der Waals surface area contributed by atoms with Gasteiger partial charge in [-0.2, -0.15) is 0 Å². The molecule has 6 heteroatoms. The molecule has 2 unspecified atom stereocenters. The van der Waals surface area contributed by atoms with Gasteiger partial charge in [0, 0.05) is 19.4 Å². The van der Waals surface area contributed by atoms with Crippen LogP contribution < -0.4 is 0 Å². The first-order valence-corrected chi connectivity index (χ1v) is 6.67. The van der Waals surface area contributed by atoms with Crippen molar-refractivity contribution < 1.29 is 9.90 Å². The van der Waals surface area contributed by atoms with E-state index in [4.69, 9.17) is 5.11 Å². The maximum Gasteiger partial charge on any atom is 0.303 e. The van der Waals surface area contributed by atoms with Gasteiger partial charge in [-0.1, -0.05) is 34.6 Å². The van der Waals surface area contributed by atoms with Gasteiger partial charge in [-0.3, -0.25) is 4.79 Å². The highest BCUT2D eigenvalue weighted by atomic mass is 16.4. The summed E-state index contributed by atoms with van der Waals surface area (Å²) in [6.45, 7) is 11.2. The van der Waals surface area contributed by atoms with Gasteiger partial charge in [0.15, 0.2) is 5.82 Å². The highest BCUT2D eigenvalue weighted by Crippen LogP contribution is 2.27. The van der Waals surface area contributed by atoms with Gasteiger partial charge in [-0.15, -0.1) is 5.10 Å². The topological polar surface area (TPSA) is 80.9 Å². The molecule has 0 aliphatic heterocycles. The Bertz CT molecular complexity index is 423. The second-order valence-electron chi connectivity index (χ2n) is 6.45. The minimum atomic E-state index is -0.787. The van der Waals surface area contributed by atoms with Crippen molar-refractivity contribution in [3.05, 3.63) is 5.82 Å². The molecule has 0 saturated heterocycles. The highest BCUT2D eigenvalue weighted by molar-refractivity contribution is 5.66. The normalized spacial score (nSPS) is 15.2. The van der Waals surface area contributed by atoms with Crippen molar-refractivity contribution in [1.29, 1.82) is 0 Å². The van der Waals surface area contributed by atoms with E-state index in [0.717, 1.165) is 12.2 Å². The standard InChI is InChI=1S/C13H24N4O2/c1-9(6-12(18)19)8-17-11(14-15-16-17)7-10(2)13(3,4)5/h9-10H,6-8H2,1-5H3,(H,18,19). The molecule has 1 N–H and O–H groups in total. The molecule has 0 aromatic carbocycles. The van der Waals surface area contributed by atoms with E-state index >= 15 is 0 Å². The third kappa shape index (κ3) is 4.96. The number of hydrogen-bond donors (Lipinski definition) is 1. The van der Waals surface area contributed by atoms with Gasteiger partial charge in [0.1, 0.15) is 0 Å². The molecular weight excluding hydrogens is 244 g/mol. The van der Waals surface area contributed by atoms with Gasteiger partial charge in [0.2, 0.25) is 0 Å². The first kappa shape index (κ1) is 15.6. The van der Waals surface area contributed by atoms with E-state index in [1.807, 2.05) is 6.92 Å². The smallest absolute Gasteiger partial charge is 0.303 e. The van der Waals surface area contributed by atoms with E-state index in [-0.39, 0.29) is 17.8 Å². The lowest BCUT2D eigenvalue weighted by Gasteiger charge is -2.26. The fourth-order valence-electron chi connectivity index (χ4n) is 1.75. The Labute approximate surface area is 114 Å². The van der Waals surface area contributed by atoms with Crippen molar-refractivity contribution in [3.8, 4) is 0 Å². The third-order valence-electron chi connectivity index (χ3n) is 3.58. The Hall–Kier alpha value is -1.46. The SMILES string of the molecule is CC(CC(=O)O)Cn1nnnc1CC(C)C(C)(C)C. The molecule has 0 saturated carbocycles. The predicted octanol–water partition coefficient (Wildman–Crippen LogP) is 2.01. The van der Waals surface area contributed by atoms with Crippen LogP contribution in [0.1, 0.15) is 46.9 Å². The molecule has 0 spiro atoms. The Morgan fingerprint density at radius 2 is 2.00 bits per heavy atom. The van der Waals surface area contributed by atoms with Crippen LogP contribution in [0.4, 0.5) is 0 Å². The molecular formula is C13H24N4O2. The lowest BCUT2D eigenvalue weighted by atomic mass is 9.80. The van der Waals surface area contributed by atoms with E-state index in [1.165, 1.54) is 0 Å². The molecule has 6 nitrogen and oxygen atoms in total. The summed E-state index contributed by atoms with van der Waals surface area (Å²) in [6.07, 6.45) is 0.935. The maximum atomic E-state index is 10.7. The highest BCUT2D eigenvalue weighted by Gasteiger charge is 2.23. The number of hydrogen-bond acceptors (Lipinski definition) is 4. The van der Waals surface area contributed by atoms with E-state index in [0.29, 0.717) is 12.5 Å². The average Bonchev–Trinajstić information content (AvgIpc) is 2.62. The summed E-state index contributed by atoms with van der Waals surface area (Å²) in [4.78, 5) is 10.7. The van der Waals surface area contributed by atoms with Crippen molar-refractivity contribution in [2.24, 2.45) is 17.3 Å². The monoisotopic (exact) mass is 268 g/mol. The Morgan fingerprint density at radius 3 is 2.53 bits per heavy atom. The van der Waals surface area contributed by atoms with Crippen LogP contribution in [0.2, 0.25) is 0 Å². The molecule has 0 radical (unpaired) electrons. The van der Waals surface area contributed by atoms with Crippen LogP contribution >= 0.6 is 0 Å². The van der Waals surface area contributed by atoms with Crippen molar-refractivity contribution in [3.63, 3.8) is 0 Å². The van der Waals surface area contributed by atoms with Gasteiger partial charge in [-0.25, -0.2) is 4.68 Å². The minimum absolute atomic E-state index is 0.0182. The number of tetrazole rings is 1. The van der Waals surface area contributed by atoms with Crippen LogP contribution in [0.3, 0.4) is 0 Å². The van der Waals surface area contributed by atoms with Gasteiger partial charge in [0.25, 0.3) is 0 Å². The number of carboxylic acid groups (broad SMARTS) is 1. The van der Waals surface area contributed by atoms with Gasteiger partial charge >= 0.3 is 5.97 Å². The number of carbonyl (C=O) groups is 1. The summed E-state index contributed by atoms with van der Waals surface area (Å²) in [6, 6.07) is 0. The lowest BCUT2D eigenvalue weighted by Crippen LogP contribution is -2.22. The summed E-state index contributed by atoms with van der Waals surface area (Å²) in [5.74, 6) is 0.515. The van der Waals surface area contributed by atoms with E-state index in [1.54, 1.807) is 4.68 Å². The molecule has 1 rings (SSSR count). The largest absolute Gasteiger partial charge is 0.481 e. The zero-order valence-electron chi connectivity index (χ0n) is 12.4. The number of aliphatic carboxylic acids is 1. The molecule has 0 amide bonds. The van der Waals surface area contributed by atoms with Crippen LogP contribution in [0.25, 0.3) is 0 Å².